The molecule has 0 aliphatic rings. The van der Waals surface area contributed by atoms with Gasteiger partial charge in [-0.05, 0) is 19.1 Å². The minimum Gasteiger partial charge on any atom is -0.352 e. The highest BCUT2D eigenvalue weighted by Crippen LogP contribution is 2.30. The Labute approximate surface area is 146 Å². The van der Waals surface area contributed by atoms with E-state index in [0.717, 1.165) is 16.3 Å². The van der Waals surface area contributed by atoms with Crippen LogP contribution in [0.25, 0.3) is 11.4 Å². The fourth-order valence-corrected chi connectivity index (χ4v) is 2.81. The first-order chi connectivity index (χ1) is 11.8. The molecule has 1 atom stereocenters. The number of rotatable bonds is 7. The van der Waals surface area contributed by atoms with E-state index in [4.69, 9.17) is 0 Å². The molecule has 0 bridgehead atoms. The number of aromatic nitrogens is 4. The Morgan fingerprint density at radius 3 is 2.68 bits per heavy atom. The summed E-state index contributed by atoms with van der Waals surface area (Å²) in [5.41, 5.74) is 0.461. The molecule has 6 nitrogen and oxygen atoms in total. The molecule has 2 rings (SSSR count). The summed E-state index contributed by atoms with van der Waals surface area (Å²) in [6, 6.07) is 3.09. The van der Waals surface area contributed by atoms with Crippen LogP contribution in [0.3, 0.4) is 0 Å². The summed E-state index contributed by atoms with van der Waals surface area (Å²) in [4.78, 5) is 15.7. The van der Waals surface area contributed by atoms with Gasteiger partial charge in [0.05, 0.1) is 5.25 Å². The van der Waals surface area contributed by atoms with Crippen LogP contribution in [0.5, 0.6) is 0 Å². The summed E-state index contributed by atoms with van der Waals surface area (Å²) in [6.07, 6.45) is -0.0168. The van der Waals surface area contributed by atoms with Crippen molar-refractivity contribution in [2.45, 2.75) is 30.1 Å². The van der Waals surface area contributed by atoms with Crippen LogP contribution in [0.4, 0.5) is 13.2 Å². The van der Waals surface area contributed by atoms with Gasteiger partial charge in [-0.1, -0.05) is 17.8 Å². The van der Waals surface area contributed by atoms with Gasteiger partial charge in [-0.2, -0.15) is 13.2 Å². The predicted molar refractivity (Wildman–Crippen MR) is 87.8 cm³/mol. The molecule has 0 saturated heterocycles. The molecule has 0 spiro atoms. The third-order valence-corrected chi connectivity index (χ3v) is 4.15. The second kappa shape index (κ2) is 8.15. The molecular weight excluding hydrogens is 355 g/mol. The lowest BCUT2D eigenvalue weighted by atomic mass is 10.2. The van der Waals surface area contributed by atoms with Gasteiger partial charge >= 0.3 is 6.18 Å². The maximum atomic E-state index is 13.0. The molecule has 2 heterocycles. The maximum absolute atomic E-state index is 13.0. The molecule has 2 aromatic rings. The molecule has 0 aliphatic carbocycles. The monoisotopic (exact) mass is 371 g/mol. The first-order valence-electron chi connectivity index (χ1n) is 7.27. The summed E-state index contributed by atoms with van der Waals surface area (Å²) in [7, 11) is 0. The van der Waals surface area contributed by atoms with Gasteiger partial charge in [0.1, 0.15) is 6.54 Å². The van der Waals surface area contributed by atoms with Crippen LogP contribution in [0.15, 0.2) is 42.3 Å². The number of nitrogens with one attached hydrogen (secondary N) is 1. The fraction of sp³-hybridized carbons (Fsp3) is 0.333. The smallest absolute Gasteiger partial charge is 0.352 e. The molecule has 10 heteroatoms. The van der Waals surface area contributed by atoms with Gasteiger partial charge in [-0.3, -0.25) is 14.3 Å². The lowest BCUT2D eigenvalue weighted by Gasteiger charge is -2.14. The van der Waals surface area contributed by atoms with Gasteiger partial charge in [-0.15, -0.1) is 16.8 Å². The zero-order chi connectivity index (χ0) is 18.4. The Kier molecular flexibility index (Phi) is 6.18. The van der Waals surface area contributed by atoms with Crippen molar-refractivity contribution in [1.82, 2.24) is 25.1 Å². The van der Waals surface area contributed by atoms with E-state index in [1.807, 2.05) is 0 Å². The van der Waals surface area contributed by atoms with Crippen molar-refractivity contribution in [2.75, 3.05) is 6.54 Å². The molecule has 0 saturated carbocycles. The van der Waals surface area contributed by atoms with Crippen molar-refractivity contribution < 1.29 is 18.0 Å². The predicted octanol–water partition coefficient (Wildman–Crippen LogP) is 2.69. The maximum Gasteiger partial charge on any atom is 0.406 e. The molecule has 1 amide bonds. The van der Waals surface area contributed by atoms with Crippen molar-refractivity contribution in [3.8, 4) is 11.4 Å². The number of amides is 1. The number of nitrogens with zero attached hydrogens (tertiary/aromatic N) is 4. The van der Waals surface area contributed by atoms with Crippen LogP contribution < -0.4 is 5.32 Å². The Bertz CT molecular complexity index is 733. The molecule has 0 fully saturated rings. The summed E-state index contributed by atoms with van der Waals surface area (Å²) < 4.78 is 39.9. The summed E-state index contributed by atoms with van der Waals surface area (Å²) >= 11 is 0.912. The third kappa shape index (κ3) is 5.31. The first-order valence-corrected chi connectivity index (χ1v) is 8.15. The first kappa shape index (κ1) is 19.0. The highest BCUT2D eigenvalue weighted by Gasteiger charge is 2.32. The van der Waals surface area contributed by atoms with Crippen LogP contribution in [-0.2, 0) is 11.3 Å². The van der Waals surface area contributed by atoms with Gasteiger partial charge in [-0.25, -0.2) is 0 Å². The van der Waals surface area contributed by atoms with E-state index in [9.17, 15) is 18.0 Å². The highest BCUT2D eigenvalue weighted by molar-refractivity contribution is 8.00. The second-order valence-corrected chi connectivity index (χ2v) is 6.35. The van der Waals surface area contributed by atoms with Crippen molar-refractivity contribution in [2.24, 2.45) is 0 Å². The van der Waals surface area contributed by atoms with E-state index in [-0.39, 0.29) is 23.4 Å². The van der Waals surface area contributed by atoms with Gasteiger partial charge < -0.3 is 5.32 Å². The molecule has 25 heavy (non-hydrogen) atoms. The zero-order valence-electron chi connectivity index (χ0n) is 13.3. The minimum absolute atomic E-state index is 0.0189. The van der Waals surface area contributed by atoms with E-state index in [0.29, 0.717) is 5.56 Å². The number of hydrogen-bond acceptors (Lipinski definition) is 5. The second-order valence-electron chi connectivity index (χ2n) is 5.04. The molecule has 134 valence electrons. The Hall–Kier alpha value is -2.36. The number of alkyl halides is 3. The van der Waals surface area contributed by atoms with Crippen molar-refractivity contribution >= 4 is 17.7 Å². The third-order valence-electron chi connectivity index (χ3n) is 3.06. The number of pyridine rings is 1. The lowest BCUT2D eigenvalue weighted by molar-refractivity contribution is -0.141. The van der Waals surface area contributed by atoms with E-state index in [1.165, 1.54) is 18.5 Å². The quantitative estimate of drug-likeness (QED) is 0.598. The number of carbonyl (C=O) groups is 1. The SMILES string of the molecule is C=CCNC(=O)C(C)Sc1nnc(-c2ccncc2)n1CC(F)(F)F. The number of hydrogen-bond donors (Lipinski definition) is 1. The molecule has 1 unspecified atom stereocenters. The number of halogens is 3. The summed E-state index contributed by atoms with van der Waals surface area (Å²) in [5.74, 6) is -0.252. The standard InChI is InChI=1S/C15H16F3N5OS/c1-3-6-20-13(24)10(2)25-14-22-21-12(11-4-7-19-8-5-11)23(14)9-15(16,17)18/h3-5,7-8,10H,1,6,9H2,2H3,(H,20,24). The van der Waals surface area contributed by atoms with E-state index < -0.39 is 18.0 Å². The summed E-state index contributed by atoms with van der Waals surface area (Å²) in [6.45, 7) is 4.10. The average Bonchev–Trinajstić information content (AvgIpc) is 2.94. The topological polar surface area (TPSA) is 72.7 Å². The van der Waals surface area contributed by atoms with Crippen molar-refractivity contribution in [3.05, 3.63) is 37.2 Å². The van der Waals surface area contributed by atoms with Crippen LogP contribution in [0, 0.1) is 0 Å². The van der Waals surface area contributed by atoms with Gasteiger partial charge in [0.15, 0.2) is 11.0 Å². The molecule has 0 aromatic carbocycles. The Morgan fingerprint density at radius 2 is 2.08 bits per heavy atom. The Balaban J connectivity index is 2.30. The number of carbonyl (C=O) groups excluding carboxylic acids is 1. The van der Waals surface area contributed by atoms with Gasteiger partial charge in [0.25, 0.3) is 0 Å². The lowest BCUT2D eigenvalue weighted by Crippen LogP contribution is -2.31. The normalized spacial score (nSPS) is 12.6. The van der Waals surface area contributed by atoms with Crippen LogP contribution >= 0.6 is 11.8 Å². The van der Waals surface area contributed by atoms with Gasteiger partial charge in [0, 0.05) is 24.5 Å². The fourth-order valence-electron chi connectivity index (χ4n) is 1.94. The Morgan fingerprint density at radius 1 is 1.40 bits per heavy atom. The number of thioether (sulfide) groups is 1. The van der Waals surface area contributed by atoms with Crippen LogP contribution in [0.1, 0.15) is 6.92 Å². The molecule has 2 aromatic heterocycles. The summed E-state index contributed by atoms with van der Waals surface area (Å²) in [5, 5.41) is 9.67. The van der Waals surface area contributed by atoms with Crippen LogP contribution in [-0.4, -0.2) is 43.6 Å². The van der Waals surface area contributed by atoms with Crippen molar-refractivity contribution in [1.29, 1.82) is 0 Å². The van der Waals surface area contributed by atoms with E-state index in [1.54, 1.807) is 19.1 Å². The molecule has 0 radical (unpaired) electrons. The molecular formula is C15H16F3N5OS. The minimum atomic E-state index is -4.45. The zero-order valence-corrected chi connectivity index (χ0v) is 14.1. The molecule has 0 aliphatic heterocycles. The van der Waals surface area contributed by atoms with E-state index >= 15 is 0 Å². The highest BCUT2D eigenvalue weighted by atomic mass is 32.2. The average molecular weight is 371 g/mol. The van der Waals surface area contributed by atoms with Crippen LogP contribution in [0.2, 0.25) is 0 Å². The van der Waals surface area contributed by atoms with Gasteiger partial charge in [0.2, 0.25) is 5.91 Å². The largest absolute Gasteiger partial charge is 0.406 e. The van der Waals surface area contributed by atoms with Crippen molar-refractivity contribution in [3.63, 3.8) is 0 Å². The molecule has 1 N–H and O–H groups in total. The van der Waals surface area contributed by atoms with E-state index in [2.05, 4.69) is 27.1 Å².